The molecular weight excluding hydrogens is 915 g/mol. The van der Waals surface area contributed by atoms with Crippen LogP contribution in [0.3, 0.4) is 0 Å². The second kappa shape index (κ2) is 14.5. The fourth-order valence-electron chi connectivity index (χ4n) is 8.48. The molecule has 281 valence electrons. The monoisotopic (exact) mass is 951 g/mol. The number of carbonyl (C=O) groups excluding carboxylic acids is 2. The van der Waals surface area contributed by atoms with Gasteiger partial charge in [0, 0.05) is 0 Å². The van der Waals surface area contributed by atoms with Gasteiger partial charge in [0.25, 0.3) is 0 Å². The Bertz CT molecular complexity index is 2050. The standard InChI is InChI=1S/2C19H16F3.C2H3BN2O2.2ClH.Hf/c2*1-12(2)14-10-13-6-5-8-15(17(13)11-14)16-7-3-4-9-18(16)19(20,21)22;6-1-4-3-5-2-7;;;/h2*3-12H,1-2H3;1-2H,(H-,4,5,6,7);2*1H;/q;;;;;+1/p-1. The third-order valence-electron chi connectivity index (χ3n) is 10.7. The first kappa shape index (κ1) is 40.1. The Hall–Kier alpha value is -3.60. The number of allylic oxidation sites excluding steroid dienone is 2. The van der Waals surface area contributed by atoms with Crippen LogP contribution in [0.5, 0.6) is 0 Å². The Morgan fingerprint density at radius 3 is 1.28 bits per heavy atom. The van der Waals surface area contributed by atoms with E-state index in [0.29, 0.717) is 57.3 Å². The van der Waals surface area contributed by atoms with Gasteiger partial charge in [0.05, 0.1) is 0 Å². The quantitative estimate of drug-likeness (QED) is 0.0894. The van der Waals surface area contributed by atoms with Crippen molar-refractivity contribution >= 4 is 46.7 Å². The van der Waals surface area contributed by atoms with E-state index in [-0.39, 0.29) is 23.0 Å². The molecule has 0 aromatic heterocycles. The van der Waals surface area contributed by atoms with Gasteiger partial charge in [0.15, 0.2) is 0 Å². The zero-order chi connectivity index (χ0) is 39.4. The van der Waals surface area contributed by atoms with E-state index in [1.165, 1.54) is 36.4 Å². The molecule has 2 aliphatic carbocycles. The van der Waals surface area contributed by atoms with Crippen LogP contribution in [0.4, 0.5) is 26.3 Å². The normalized spacial score (nSPS) is 17.6. The first-order chi connectivity index (χ1) is 25.4. The Balaban J connectivity index is 1.70. The van der Waals surface area contributed by atoms with Crippen molar-refractivity contribution in [2.24, 2.45) is 11.8 Å². The van der Waals surface area contributed by atoms with Crippen molar-refractivity contribution in [2.45, 2.75) is 47.4 Å². The van der Waals surface area contributed by atoms with Crippen LogP contribution in [0.15, 0.2) is 96.1 Å². The number of alkyl halides is 6. The number of hydrogen-bond acceptors (Lipinski definition) is 2. The number of nitrogens with one attached hydrogen (secondary N) is 2. The summed E-state index contributed by atoms with van der Waals surface area (Å²) in [5, 5.41) is 5.42. The molecule has 0 fully saturated rings. The second-order valence-corrected chi connectivity index (χ2v) is 44.8. The summed E-state index contributed by atoms with van der Waals surface area (Å²) in [6, 6.07) is 20.5. The summed E-state index contributed by atoms with van der Waals surface area (Å²) >= 11 is -6.56. The topological polar surface area (TPSA) is 58.2 Å². The summed E-state index contributed by atoms with van der Waals surface area (Å²) in [6.45, 7) is 7.62. The van der Waals surface area contributed by atoms with Crippen molar-refractivity contribution in [1.82, 2.24) is 10.5 Å². The van der Waals surface area contributed by atoms with Crippen molar-refractivity contribution in [2.75, 3.05) is 0 Å². The molecule has 2 unspecified atom stereocenters. The molecule has 4 nitrogen and oxygen atoms in total. The molecule has 0 spiro atoms. The van der Waals surface area contributed by atoms with Crippen LogP contribution in [-0.2, 0) is 37.8 Å². The van der Waals surface area contributed by atoms with Gasteiger partial charge >= 0.3 is 320 Å². The summed E-state index contributed by atoms with van der Waals surface area (Å²) in [5.41, 5.74) is 2.28. The number of benzene rings is 4. The van der Waals surface area contributed by atoms with E-state index in [0.717, 1.165) is 12.1 Å². The maximum absolute atomic E-state index is 14.4. The fraction of sp³-hybridized carbons (Fsp3) is 0.250. The molecule has 0 heterocycles. The van der Waals surface area contributed by atoms with Crippen LogP contribution in [0.25, 0.3) is 34.4 Å². The van der Waals surface area contributed by atoms with Crippen LogP contribution in [0.2, 0.25) is 0 Å². The molecule has 54 heavy (non-hydrogen) atoms. The van der Waals surface area contributed by atoms with Crippen LogP contribution in [0.1, 0.15) is 68.4 Å². The molecule has 0 saturated carbocycles. The molecule has 14 heteroatoms. The summed E-state index contributed by atoms with van der Waals surface area (Å²) in [4.78, 5) is 24.8. The van der Waals surface area contributed by atoms with E-state index in [9.17, 15) is 35.9 Å². The fourth-order valence-corrected chi connectivity index (χ4v) is 38.5. The van der Waals surface area contributed by atoms with Crippen LogP contribution < -0.4 is 10.5 Å². The number of carbonyl (C=O) groups is 2. The average Bonchev–Trinajstić information content (AvgIpc) is 3.73. The van der Waals surface area contributed by atoms with E-state index in [1.807, 2.05) is 39.8 Å². The van der Waals surface area contributed by atoms with Gasteiger partial charge in [0.2, 0.25) is 0 Å². The molecule has 6 rings (SSSR count). The Labute approximate surface area is 318 Å². The van der Waals surface area contributed by atoms with Crippen LogP contribution >= 0.6 is 17.2 Å². The molecule has 4 aromatic rings. The van der Waals surface area contributed by atoms with E-state index in [2.05, 4.69) is 10.5 Å². The zero-order valence-corrected chi connectivity index (χ0v) is 34.7. The van der Waals surface area contributed by atoms with Gasteiger partial charge < -0.3 is 0 Å². The number of rotatable bonds is 11. The van der Waals surface area contributed by atoms with E-state index < -0.39 is 51.3 Å². The summed E-state index contributed by atoms with van der Waals surface area (Å²) in [5.74, 6) is -0.543. The Morgan fingerprint density at radius 1 is 0.593 bits per heavy atom. The number of hydrogen-bond donors (Lipinski definition) is 2. The van der Waals surface area contributed by atoms with E-state index in [1.54, 1.807) is 36.4 Å². The van der Waals surface area contributed by atoms with Crippen molar-refractivity contribution in [3.63, 3.8) is 0 Å². The SMILES string of the molecule is CC(C)C1=Cc2c(-c3ccccc3C(F)(F)F)cccc2[CH]1[Hf]([Cl])([Cl])([B](NC=O)NC=O)[CH]1C(C(C)C)=Cc2c(-c3ccccc3C(F)(F)F)cccc21. The van der Waals surface area contributed by atoms with E-state index >= 15 is 0 Å². The van der Waals surface area contributed by atoms with Gasteiger partial charge in [-0.3, -0.25) is 0 Å². The third kappa shape index (κ3) is 6.59. The Kier molecular flexibility index (Phi) is 10.7. The minimum absolute atomic E-state index is 0.0440. The van der Waals surface area contributed by atoms with Crippen LogP contribution in [0, 0.1) is 11.8 Å². The summed E-state index contributed by atoms with van der Waals surface area (Å²) < 4.78 is 83.3. The second-order valence-electron chi connectivity index (χ2n) is 14.4. The molecule has 2 aliphatic rings. The number of halogens is 8. The van der Waals surface area contributed by atoms with Gasteiger partial charge in [-0.05, 0) is 0 Å². The average molecular weight is 951 g/mol. The molecular formula is C40H36BCl2F6HfN2O2. The molecule has 0 radical (unpaired) electrons. The maximum atomic E-state index is 14.4. The van der Waals surface area contributed by atoms with Crippen molar-refractivity contribution in [3.8, 4) is 22.3 Å². The molecule has 2 atom stereocenters. The van der Waals surface area contributed by atoms with Gasteiger partial charge in [-0.2, -0.15) is 0 Å². The van der Waals surface area contributed by atoms with Crippen molar-refractivity contribution < 1.29 is 51.8 Å². The van der Waals surface area contributed by atoms with E-state index in [4.69, 9.17) is 17.2 Å². The predicted molar refractivity (Wildman–Crippen MR) is 201 cm³/mol. The number of amides is 2. The Morgan fingerprint density at radius 2 is 0.944 bits per heavy atom. The summed E-state index contributed by atoms with van der Waals surface area (Å²) in [6.07, 6.45) is -4.92. The molecule has 2 N–H and O–H groups in total. The first-order valence-corrected chi connectivity index (χ1v) is 32.5. The van der Waals surface area contributed by atoms with Crippen molar-refractivity contribution in [3.05, 3.63) is 129 Å². The number of fused-ring (bicyclic) bond motifs is 2. The first-order valence-electron chi connectivity index (χ1n) is 17.3. The summed E-state index contributed by atoms with van der Waals surface area (Å²) in [7, 11) is 16.7. The van der Waals surface area contributed by atoms with Crippen LogP contribution in [-0.4, -0.2) is 17.4 Å². The minimum atomic E-state index is -6.56. The molecule has 0 bridgehead atoms. The molecule has 4 aromatic carbocycles. The molecule has 0 aliphatic heterocycles. The zero-order valence-electron chi connectivity index (χ0n) is 29.6. The third-order valence-corrected chi connectivity index (χ3v) is 39.1. The van der Waals surface area contributed by atoms with Gasteiger partial charge in [-0.15, -0.1) is 0 Å². The molecule has 0 saturated heterocycles. The van der Waals surface area contributed by atoms with Crippen molar-refractivity contribution in [1.29, 1.82) is 0 Å². The van der Waals surface area contributed by atoms with Gasteiger partial charge in [0.1, 0.15) is 0 Å². The van der Waals surface area contributed by atoms with Gasteiger partial charge in [-0.1, -0.05) is 0 Å². The predicted octanol–water partition coefficient (Wildman–Crippen LogP) is 11.4. The van der Waals surface area contributed by atoms with Gasteiger partial charge in [-0.25, -0.2) is 0 Å². The molecule has 2 amide bonds.